The second kappa shape index (κ2) is 6.60. The van der Waals surface area contributed by atoms with Gasteiger partial charge in [-0.25, -0.2) is 0 Å². The maximum Gasteiger partial charge on any atom is 0.137 e. The number of ether oxygens (including phenoxy) is 1. The van der Waals surface area contributed by atoms with Gasteiger partial charge in [-0.1, -0.05) is 24.6 Å². The summed E-state index contributed by atoms with van der Waals surface area (Å²) in [5, 5.41) is 0.678. The van der Waals surface area contributed by atoms with E-state index >= 15 is 0 Å². The van der Waals surface area contributed by atoms with Crippen LogP contribution < -0.4 is 10.5 Å². The molecular weight excluding hydrogens is 260 g/mol. The van der Waals surface area contributed by atoms with Crippen LogP contribution in [0, 0.1) is 5.92 Å². The van der Waals surface area contributed by atoms with Crippen LogP contribution in [0.4, 0.5) is 0 Å². The van der Waals surface area contributed by atoms with Gasteiger partial charge in [-0.15, -0.1) is 0 Å². The highest BCUT2D eigenvalue weighted by Crippen LogP contribution is 2.37. The summed E-state index contributed by atoms with van der Waals surface area (Å²) in [6.07, 6.45) is 2.43. The highest BCUT2D eigenvalue weighted by atomic mass is 35.5. The second-order valence-electron chi connectivity index (χ2n) is 5.11. The molecule has 1 fully saturated rings. The van der Waals surface area contributed by atoms with Gasteiger partial charge in [0.2, 0.25) is 0 Å². The number of rotatable bonds is 4. The molecule has 2 atom stereocenters. The van der Waals surface area contributed by atoms with Crippen LogP contribution in [0.15, 0.2) is 18.2 Å². The van der Waals surface area contributed by atoms with Crippen LogP contribution in [0.2, 0.25) is 5.02 Å². The number of benzene rings is 1. The zero-order valence-corrected chi connectivity index (χ0v) is 12.5. The van der Waals surface area contributed by atoms with E-state index in [2.05, 4.69) is 17.9 Å². The molecule has 1 saturated heterocycles. The van der Waals surface area contributed by atoms with Crippen LogP contribution in [0.5, 0.6) is 5.75 Å². The lowest BCUT2D eigenvalue weighted by Gasteiger charge is -2.41. The minimum absolute atomic E-state index is 0.382. The van der Waals surface area contributed by atoms with E-state index < -0.39 is 0 Å². The Morgan fingerprint density at radius 2 is 2.26 bits per heavy atom. The lowest BCUT2D eigenvalue weighted by atomic mass is 9.84. The highest BCUT2D eigenvalue weighted by molar-refractivity contribution is 6.32. The number of nitrogens with two attached hydrogens (primary N) is 1. The zero-order valence-electron chi connectivity index (χ0n) is 11.7. The molecule has 0 aliphatic carbocycles. The molecule has 0 saturated carbocycles. The first-order valence-electron chi connectivity index (χ1n) is 6.98. The lowest BCUT2D eigenvalue weighted by Crippen LogP contribution is -2.41. The van der Waals surface area contributed by atoms with Crippen molar-refractivity contribution in [3.63, 3.8) is 0 Å². The Hall–Kier alpha value is -0.770. The summed E-state index contributed by atoms with van der Waals surface area (Å²) >= 11 is 6.26. The quantitative estimate of drug-likeness (QED) is 0.922. The first-order valence-corrected chi connectivity index (χ1v) is 7.36. The molecule has 0 spiro atoms. The molecule has 1 aliphatic rings. The van der Waals surface area contributed by atoms with E-state index in [9.17, 15) is 0 Å². The molecule has 106 valence electrons. The fourth-order valence-electron chi connectivity index (χ4n) is 3.10. The van der Waals surface area contributed by atoms with E-state index in [1.807, 2.05) is 12.1 Å². The predicted octanol–water partition coefficient (Wildman–Crippen LogP) is 3.08. The summed E-state index contributed by atoms with van der Waals surface area (Å²) in [6.45, 7) is 5.12. The molecule has 1 aromatic carbocycles. The van der Waals surface area contributed by atoms with Crippen molar-refractivity contribution in [3.05, 3.63) is 28.8 Å². The third-order valence-corrected chi connectivity index (χ3v) is 4.38. The van der Waals surface area contributed by atoms with Crippen molar-refractivity contribution in [2.45, 2.75) is 25.8 Å². The van der Waals surface area contributed by atoms with Crippen molar-refractivity contribution in [1.82, 2.24) is 4.90 Å². The van der Waals surface area contributed by atoms with Crippen molar-refractivity contribution in [2.75, 3.05) is 26.7 Å². The molecule has 0 radical (unpaired) electrons. The number of hydrogen-bond donors (Lipinski definition) is 1. The molecule has 2 N–H and O–H groups in total. The Morgan fingerprint density at radius 3 is 2.84 bits per heavy atom. The highest BCUT2D eigenvalue weighted by Gasteiger charge is 2.31. The van der Waals surface area contributed by atoms with Gasteiger partial charge in [0.05, 0.1) is 12.1 Å². The van der Waals surface area contributed by atoms with E-state index in [1.165, 1.54) is 18.4 Å². The maximum atomic E-state index is 6.26. The van der Waals surface area contributed by atoms with Crippen molar-refractivity contribution in [3.8, 4) is 5.75 Å². The van der Waals surface area contributed by atoms with Crippen LogP contribution in [-0.2, 0) is 0 Å². The number of halogens is 1. The van der Waals surface area contributed by atoms with Crippen LogP contribution in [0.25, 0.3) is 0 Å². The Morgan fingerprint density at radius 1 is 1.47 bits per heavy atom. The topological polar surface area (TPSA) is 38.5 Å². The average molecular weight is 283 g/mol. The number of hydrogen-bond acceptors (Lipinski definition) is 3. The van der Waals surface area contributed by atoms with Gasteiger partial charge in [0.1, 0.15) is 5.75 Å². The molecule has 2 unspecified atom stereocenters. The Bertz CT molecular complexity index is 413. The van der Waals surface area contributed by atoms with Gasteiger partial charge >= 0.3 is 0 Å². The second-order valence-corrected chi connectivity index (χ2v) is 5.51. The van der Waals surface area contributed by atoms with Crippen LogP contribution in [-0.4, -0.2) is 31.6 Å². The molecule has 1 aliphatic heterocycles. The summed E-state index contributed by atoms with van der Waals surface area (Å²) < 4.78 is 5.22. The van der Waals surface area contributed by atoms with Crippen LogP contribution >= 0.6 is 11.6 Å². The minimum Gasteiger partial charge on any atom is -0.495 e. The molecule has 2 rings (SSSR count). The van der Waals surface area contributed by atoms with Crippen molar-refractivity contribution in [1.29, 1.82) is 0 Å². The molecule has 4 heteroatoms. The summed E-state index contributed by atoms with van der Waals surface area (Å²) in [7, 11) is 1.64. The molecule has 0 amide bonds. The van der Waals surface area contributed by atoms with Gasteiger partial charge < -0.3 is 10.5 Å². The SMILES string of the molecule is CCN1CCCC(CN)C1c1ccc(OC)c(Cl)c1. The fraction of sp³-hybridized carbons (Fsp3) is 0.600. The Kier molecular flexibility index (Phi) is 5.08. The number of likely N-dealkylation sites (tertiary alicyclic amines) is 1. The predicted molar refractivity (Wildman–Crippen MR) is 79.8 cm³/mol. The molecule has 1 aromatic rings. The van der Waals surface area contributed by atoms with Crippen LogP contribution in [0.1, 0.15) is 31.4 Å². The van der Waals surface area contributed by atoms with Gasteiger partial charge in [-0.05, 0) is 56.1 Å². The van der Waals surface area contributed by atoms with Gasteiger partial charge in [-0.2, -0.15) is 0 Å². The average Bonchev–Trinajstić information content (AvgIpc) is 2.46. The van der Waals surface area contributed by atoms with Crippen molar-refractivity contribution < 1.29 is 4.74 Å². The maximum absolute atomic E-state index is 6.26. The smallest absolute Gasteiger partial charge is 0.137 e. The lowest BCUT2D eigenvalue weighted by molar-refractivity contribution is 0.102. The van der Waals surface area contributed by atoms with E-state index in [0.29, 0.717) is 17.0 Å². The fourth-order valence-corrected chi connectivity index (χ4v) is 3.37. The number of piperidine rings is 1. The van der Waals surface area contributed by atoms with Crippen molar-refractivity contribution >= 4 is 11.6 Å². The zero-order chi connectivity index (χ0) is 13.8. The summed E-state index contributed by atoms with van der Waals surface area (Å²) in [6, 6.07) is 6.48. The number of methoxy groups -OCH3 is 1. The molecule has 0 aromatic heterocycles. The number of nitrogens with zero attached hydrogens (tertiary/aromatic N) is 1. The largest absolute Gasteiger partial charge is 0.495 e. The monoisotopic (exact) mass is 282 g/mol. The Labute approximate surface area is 120 Å². The van der Waals surface area contributed by atoms with Crippen molar-refractivity contribution in [2.24, 2.45) is 11.7 Å². The van der Waals surface area contributed by atoms with Gasteiger partial charge in [0, 0.05) is 6.04 Å². The van der Waals surface area contributed by atoms with E-state index in [0.717, 1.165) is 25.4 Å². The van der Waals surface area contributed by atoms with E-state index in [4.69, 9.17) is 22.1 Å². The van der Waals surface area contributed by atoms with E-state index in [-0.39, 0.29) is 0 Å². The van der Waals surface area contributed by atoms with Gasteiger partial charge in [-0.3, -0.25) is 4.90 Å². The molecule has 0 bridgehead atoms. The van der Waals surface area contributed by atoms with E-state index in [1.54, 1.807) is 7.11 Å². The first-order chi connectivity index (χ1) is 9.21. The first kappa shape index (κ1) is 14.6. The minimum atomic E-state index is 0.382. The third-order valence-electron chi connectivity index (χ3n) is 4.09. The molecular formula is C15H23ClN2O. The van der Waals surface area contributed by atoms with Crippen LogP contribution in [0.3, 0.4) is 0 Å². The molecule has 3 nitrogen and oxygen atoms in total. The molecule has 1 heterocycles. The normalized spacial score (nSPS) is 24.4. The van der Waals surface area contributed by atoms with Gasteiger partial charge in [0.25, 0.3) is 0 Å². The third kappa shape index (κ3) is 3.04. The standard InChI is InChI=1S/C15H23ClN2O/c1-3-18-8-4-5-12(10-17)15(18)11-6-7-14(19-2)13(16)9-11/h6-7,9,12,15H,3-5,8,10,17H2,1-2H3. The van der Waals surface area contributed by atoms with Gasteiger partial charge in [0.15, 0.2) is 0 Å². The summed E-state index contributed by atoms with van der Waals surface area (Å²) in [5.74, 6) is 1.24. The molecule has 19 heavy (non-hydrogen) atoms. The summed E-state index contributed by atoms with van der Waals surface area (Å²) in [4.78, 5) is 2.50. The Balaban J connectivity index is 2.32. The summed E-state index contributed by atoms with van der Waals surface area (Å²) in [5.41, 5.74) is 7.21.